The van der Waals surface area contributed by atoms with Gasteiger partial charge in [-0.3, -0.25) is 5.10 Å². The van der Waals surface area contributed by atoms with Crippen LogP contribution in [0.1, 0.15) is 23.7 Å². The number of nitrogens with one attached hydrogen (secondary N) is 2. The number of ether oxygens (including phenoxy) is 2. The summed E-state index contributed by atoms with van der Waals surface area (Å²) in [4.78, 5) is 0. The Morgan fingerprint density at radius 2 is 2.19 bits per heavy atom. The Morgan fingerprint density at radius 1 is 1.29 bits per heavy atom. The SMILES string of the molecule is COc1cccc(OCCc2cc([C@H]3CCNC3)n[nH]2)c1. The van der Waals surface area contributed by atoms with Gasteiger partial charge in [-0.15, -0.1) is 0 Å². The molecule has 0 spiro atoms. The Balaban J connectivity index is 1.50. The van der Waals surface area contributed by atoms with Crippen molar-refractivity contribution in [1.82, 2.24) is 15.5 Å². The molecule has 1 aliphatic heterocycles. The number of aromatic amines is 1. The molecule has 1 aromatic carbocycles. The Morgan fingerprint density at radius 3 is 3.00 bits per heavy atom. The van der Waals surface area contributed by atoms with Gasteiger partial charge in [-0.1, -0.05) is 6.07 Å². The van der Waals surface area contributed by atoms with E-state index in [1.165, 1.54) is 6.42 Å². The van der Waals surface area contributed by atoms with Gasteiger partial charge in [0.2, 0.25) is 0 Å². The highest BCUT2D eigenvalue weighted by atomic mass is 16.5. The third kappa shape index (κ3) is 3.55. The quantitative estimate of drug-likeness (QED) is 0.854. The molecular weight excluding hydrogens is 266 g/mol. The average molecular weight is 287 g/mol. The molecule has 1 aromatic heterocycles. The van der Waals surface area contributed by atoms with E-state index < -0.39 is 0 Å². The normalized spacial score (nSPS) is 17.9. The summed E-state index contributed by atoms with van der Waals surface area (Å²) < 4.78 is 10.9. The third-order valence-corrected chi connectivity index (χ3v) is 3.81. The third-order valence-electron chi connectivity index (χ3n) is 3.81. The van der Waals surface area contributed by atoms with E-state index in [1.54, 1.807) is 7.11 Å². The van der Waals surface area contributed by atoms with Gasteiger partial charge >= 0.3 is 0 Å². The van der Waals surface area contributed by atoms with E-state index in [-0.39, 0.29) is 0 Å². The predicted octanol–water partition coefficient (Wildman–Crippen LogP) is 2.12. The largest absolute Gasteiger partial charge is 0.497 e. The van der Waals surface area contributed by atoms with Crippen LogP contribution in [-0.2, 0) is 6.42 Å². The zero-order valence-electron chi connectivity index (χ0n) is 12.3. The lowest BCUT2D eigenvalue weighted by molar-refractivity contribution is 0.317. The molecule has 2 N–H and O–H groups in total. The molecule has 0 aliphatic carbocycles. The Labute approximate surface area is 124 Å². The van der Waals surface area contributed by atoms with Gasteiger partial charge in [0.05, 0.1) is 19.4 Å². The maximum absolute atomic E-state index is 5.75. The zero-order valence-corrected chi connectivity index (χ0v) is 12.3. The van der Waals surface area contributed by atoms with Gasteiger partial charge in [0.15, 0.2) is 0 Å². The number of hydrogen-bond donors (Lipinski definition) is 2. The van der Waals surface area contributed by atoms with E-state index in [0.29, 0.717) is 12.5 Å². The van der Waals surface area contributed by atoms with Crippen molar-refractivity contribution in [3.63, 3.8) is 0 Å². The van der Waals surface area contributed by atoms with Crippen LogP contribution in [0.25, 0.3) is 0 Å². The fraction of sp³-hybridized carbons (Fsp3) is 0.438. The van der Waals surface area contributed by atoms with E-state index in [0.717, 1.165) is 42.4 Å². The molecule has 3 rings (SSSR count). The molecule has 2 aromatic rings. The summed E-state index contributed by atoms with van der Waals surface area (Å²) in [5.41, 5.74) is 2.29. The zero-order chi connectivity index (χ0) is 14.5. The molecule has 0 saturated carbocycles. The minimum absolute atomic E-state index is 0.550. The summed E-state index contributed by atoms with van der Waals surface area (Å²) in [7, 11) is 1.66. The van der Waals surface area contributed by atoms with Crippen molar-refractivity contribution in [2.24, 2.45) is 0 Å². The Kier molecular flexibility index (Phi) is 4.40. The first-order valence-electron chi connectivity index (χ1n) is 7.37. The highest BCUT2D eigenvalue weighted by molar-refractivity contribution is 5.32. The lowest BCUT2D eigenvalue weighted by atomic mass is 10.0. The van der Waals surface area contributed by atoms with Gasteiger partial charge in [-0.25, -0.2) is 0 Å². The van der Waals surface area contributed by atoms with Crippen LogP contribution in [0, 0.1) is 0 Å². The van der Waals surface area contributed by atoms with Crippen LogP contribution in [-0.4, -0.2) is 37.0 Å². The van der Waals surface area contributed by atoms with Crippen LogP contribution < -0.4 is 14.8 Å². The molecule has 1 aliphatic rings. The average Bonchev–Trinajstić information content (AvgIpc) is 3.18. The minimum Gasteiger partial charge on any atom is -0.497 e. The van der Waals surface area contributed by atoms with E-state index in [9.17, 15) is 0 Å². The molecule has 1 fully saturated rings. The summed E-state index contributed by atoms with van der Waals surface area (Å²) in [5.74, 6) is 2.19. The van der Waals surface area contributed by atoms with Crippen LogP contribution >= 0.6 is 0 Å². The monoisotopic (exact) mass is 287 g/mol. The number of rotatable bonds is 6. The topological polar surface area (TPSA) is 59.2 Å². The van der Waals surface area contributed by atoms with E-state index in [1.807, 2.05) is 24.3 Å². The lowest BCUT2D eigenvalue weighted by Gasteiger charge is -2.06. The summed E-state index contributed by atoms with van der Waals surface area (Å²) in [6.07, 6.45) is 2.00. The lowest BCUT2D eigenvalue weighted by Crippen LogP contribution is -2.08. The van der Waals surface area contributed by atoms with Gasteiger partial charge in [0.25, 0.3) is 0 Å². The molecule has 0 amide bonds. The number of hydrogen-bond acceptors (Lipinski definition) is 4. The second-order valence-electron chi connectivity index (χ2n) is 5.29. The standard InChI is InChI=1S/C16H21N3O2/c1-20-14-3-2-4-15(10-14)21-8-6-13-9-16(19-18-13)12-5-7-17-11-12/h2-4,9-10,12,17H,5-8,11H2,1H3,(H,18,19)/t12-/m0/s1. The summed E-state index contributed by atoms with van der Waals surface area (Å²) in [6.45, 7) is 2.74. The molecule has 0 bridgehead atoms. The molecule has 112 valence electrons. The second-order valence-corrected chi connectivity index (χ2v) is 5.29. The van der Waals surface area contributed by atoms with Crippen molar-refractivity contribution in [2.75, 3.05) is 26.8 Å². The van der Waals surface area contributed by atoms with E-state index in [4.69, 9.17) is 9.47 Å². The first-order valence-corrected chi connectivity index (χ1v) is 7.37. The number of benzene rings is 1. The van der Waals surface area contributed by atoms with Crippen LogP contribution in [0.5, 0.6) is 11.5 Å². The van der Waals surface area contributed by atoms with Crippen LogP contribution in [0.15, 0.2) is 30.3 Å². The summed E-state index contributed by atoms with van der Waals surface area (Å²) in [5, 5.41) is 10.9. The molecule has 5 heteroatoms. The number of H-pyrrole nitrogens is 1. The molecule has 0 radical (unpaired) electrons. The smallest absolute Gasteiger partial charge is 0.123 e. The van der Waals surface area contributed by atoms with Crippen LogP contribution in [0.4, 0.5) is 0 Å². The van der Waals surface area contributed by atoms with Crippen molar-refractivity contribution < 1.29 is 9.47 Å². The fourth-order valence-electron chi connectivity index (χ4n) is 2.59. The van der Waals surface area contributed by atoms with Crippen molar-refractivity contribution in [3.05, 3.63) is 41.7 Å². The highest BCUT2D eigenvalue weighted by Crippen LogP contribution is 2.21. The van der Waals surface area contributed by atoms with Crippen LogP contribution in [0.2, 0.25) is 0 Å². The number of aromatic nitrogens is 2. The number of methoxy groups -OCH3 is 1. The summed E-state index contributed by atoms with van der Waals surface area (Å²) >= 11 is 0. The molecule has 21 heavy (non-hydrogen) atoms. The first kappa shape index (κ1) is 13.9. The first-order chi connectivity index (χ1) is 10.3. The predicted molar refractivity (Wildman–Crippen MR) is 81.0 cm³/mol. The maximum atomic E-state index is 5.75. The van der Waals surface area contributed by atoms with E-state index >= 15 is 0 Å². The van der Waals surface area contributed by atoms with Gasteiger partial charge in [-0.2, -0.15) is 5.10 Å². The van der Waals surface area contributed by atoms with Crippen molar-refractivity contribution >= 4 is 0 Å². The molecule has 5 nitrogen and oxygen atoms in total. The second kappa shape index (κ2) is 6.63. The Hall–Kier alpha value is -2.01. The number of nitrogens with zero attached hydrogens (tertiary/aromatic N) is 1. The maximum Gasteiger partial charge on any atom is 0.123 e. The van der Waals surface area contributed by atoms with Gasteiger partial charge in [0, 0.05) is 30.6 Å². The van der Waals surface area contributed by atoms with E-state index in [2.05, 4.69) is 21.6 Å². The van der Waals surface area contributed by atoms with Gasteiger partial charge < -0.3 is 14.8 Å². The molecule has 0 unspecified atom stereocenters. The summed E-state index contributed by atoms with van der Waals surface area (Å²) in [6, 6.07) is 9.82. The Bertz CT molecular complexity index is 576. The molecule has 2 heterocycles. The highest BCUT2D eigenvalue weighted by Gasteiger charge is 2.19. The van der Waals surface area contributed by atoms with Gasteiger partial charge in [-0.05, 0) is 31.2 Å². The van der Waals surface area contributed by atoms with Crippen molar-refractivity contribution in [3.8, 4) is 11.5 Å². The molecule has 1 saturated heterocycles. The minimum atomic E-state index is 0.550. The molecule has 1 atom stereocenters. The van der Waals surface area contributed by atoms with Crippen LogP contribution in [0.3, 0.4) is 0 Å². The fourth-order valence-corrected chi connectivity index (χ4v) is 2.59. The van der Waals surface area contributed by atoms with Crippen molar-refractivity contribution in [1.29, 1.82) is 0 Å². The molecular formula is C16H21N3O2. The van der Waals surface area contributed by atoms with Gasteiger partial charge in [0.1, 0.15) is 11.5 Å². The van der Waals surface area contributed by atoms with Crippen molar-refractivity contribution in [2.45, 2.75) is 18.8 Å².